The molecule has 2 rings (SSSR count). The molecule has 2 aromatic rings. The van der Waals surface area contributed by atoms with Crippen LogP contribution in [-0.4, -0.2) is 27.7 Å². The van der Waals surface area contributed by atoms with E-state index in [4.69, 9.17) is 9.84 Å². The highest BCUT2D eigenvalue weighted by atomic mass is 16.5. The van der Waals surface area contributed by atoms with Crippen LogP contribution in [0.2, 0.25) is 0 Å². The van der Waals surface area contributed by atoms with Crippen molar-refractivity contribution in [3.63, 3.8) is 0 Å². The van der Waals surface area contributed by atoms with Gasteiger partial charge in [0, 0.05) is 24.9 Å². The van der Waals surface area contributed by atoms with E-state index in [0.29, 0.717) is 18.2 Å². The van der Waals surface area contributed by atoms with Gasteiger partial charge in [0.1, 0.15) is 17.1 Å². The molecule has 0 aliphatic heterocycles. The molecular formula is C15H18N2O3. The highest BCUT2D eigenvalue weighted by molar-refractivity contribution is 5.90. The predicted molar refractivity (Wildman–Crippen MR) is 75.4 cm³/mol. The van der Waals surface area contributed by atoms with Crippen molar-refractivity contribution < 1.29 is 14.6 Å². The van der Waals surface area contributed by atoms with Gasteiger partial charge in [0.25, 0.3) is 0 Å². The van der Waals surface area contributed by atoms with Gasteiger partial charge in [0.05, 0.1) is 7.11 Å². The second kappa shape index (κ2) is 5.77. The summed E-state index contributed by atoms with van der Waals surface area (Å²) in [6, 6.07) is 5.13. The minimum atomic E-state index is -0.987. The van der Waals surface area contributed by atoms with E-state index >= 15 is 0 Å². The minimum absolute atomic E-state index is 0.172. The zero-order valence-corrected chi connectivity index (χ0v) is 11.8. The van der Waals surface area contributed by atoms with E-state index in [1.165, 1.54) is 7.11 Å². The standard InChI is InChI=1S/C15H18N2O3/c1-10(2)14-16-6-7-17(14)9-11-4-5-12(15(18)19)13(8-11)20-3/h4-8,10H,9H2,1-3H3,(H,18,19). The van der Waals surface area contributed by atoms with Crippen LogP contribution < -0.4 is 4.74 Å². The fourth-order valence-electron chi connectivity index (χ4n) is 2.16. The molecule has 0 aliphatic rings. The summed E-state index contributed by atoms with van der Waals surface area (Å²) in [5, 5.41) is 9.07. The van der Waals surface area contributed by atoms with Gasteiger partial charge in [-0.05, 0) is 17.7 Å². The number of methoxy groups -OCH3 is 1. The molecule has 0 unspecified atom stereocenters. The van der Waals surface area contributed by atoms with Crippen molar-refractivity contribution in [3.8, 4) is 5.75 Å². The quantitative estimate of drug-likeness (QED) is 0.910. The van der Waals surface area contributed by atoms with Crippen molar-refractivity contribution >= 4 is 5.97 Å². The highest BCUT2D eigenvalue weighted by Crippen LogP contribution is 2.22. The Hall–Kier alpha value is -2.30. The van der Waals surface area contributed by atoms with Gasteiger partial charge in [-0.2, -0.15) is 0 Å². The first-order valence-electron chi connectivity index (χ1n) is 6.44. The SMILES string of the molecule is COc1cc(Cn2ccnc2C(C)C)ccc1C(=O)O. The second-order valence-corrected chi connectivity index (χ2v) is 4.91. The largest absolute Gasteiger partial charge is 0.496 e. The number of aromatic carboxylic acids is 1. The third-order valence-corrected chi connectivity index (χ3v) is 3.11. The van der Waals surface area contributed by atoms with Gasteiger partial charge >= 0.3 is 5.97 Å². The van der Waals surface area contributed by atoms with Crippen LogP contribution in [0, 0.1) is 0 Å². The average molecular weight is 274 g/mol. The topological polar surface area (TPSA) is 64.4 Å². The first-order valence-corrected chi connectivity index (χ1v) is 6.44. The van der Waals surface area contributed by atoms with Crippen molar-refractivity contribution in [2.45, 2.75) is 26.3 Å². The van der Waals surface area contributed by atoms with E-state index < -0.39 is 5.97 Å². The molecule has 1 aromatic heterocycles. The molecule has 0 radical (unpaired) electrons. The Kier molecular flexibility index (Phi) is 4.08. The van der Waals surface area contributed by atoms with Crippen LogP contribution in [0.5, 0.6) is 5.75 Å². The lowest BCUT2D eigenvalue weighted by molar-refractivity contribution is 0.0693. The lowest BCUT2D eigenvalue weighted by Gasteiger charge is -2.12. The van der Waals surface area contributed by atoms with Crippen molar-refractivity contribution in [1.82, 2.24) is 9.55 Å². The molecule has 5 nitrogen and oxygen atoms in total. The van der Waals surface area contributed by atoms with Crippen LogP contribution in [0.3, 0.4) is 0 Å². The Balaban J connectivity index is 2.30. The maximum atomic E-state index is 11.1. The van der Waals surface area contributed by atoms with E-state index in [1.54, 1.807) is 24.4 Å². The average Bonchev–Trinajstić information content (AvgIpc) is 2.86. The van der Waals surface area contributed by atoms with E-state index in [1.807, 2.05) is 6.20 Å². The number of nitrogens with zero attached hydrogens (tertiary/aromatic N) is 2. The summed E-state index contributed by atoms with van der Waals surface area (Å²) < 4.78 is 7.19. The maximum absolute atomic E-state index is 11.1. The van der Waals surface area contributed by atoms with E-state index in [0.717, 1.165) is 11.4 Å². The van der Waals surface area contributed by atoms with Gasteiger partial charge in [-0.1, -0.05) is 19.9 Å². The molecule has 0 saturated carbocycles. The molecule has 20 heavy (non-hydrogen) atoms. The number of hydrogen-bond acceptors (Lipinski definition) is 3. The fraction of sp³-hybridized carbons (Fsp3) is 0.333. The van der Waals surface area contributed by atoms with Crippen molar-refractivity contribution in [3.05, 3.63) is 47.5 Å². The Bertz CT molecular complexity index is 617. The molecule has 0 fully saturated rings. The zero-order chi connectivity index (χ0) is 14.7. The van der Waals surface area contributed by atoms with Crippen LogP contribution in [0.1, 0.15) is 41.5 Å². The van der Waals surface area contributed by atoms with Crippen molar-refractivity contribution in [2.24, 2.45) is 0 Å². The van der Waals surface area contributed by atoms with Gasteiger partial charge in [-0.15, -0.1) is 0 Å². The summed E-state index contributed by atoms with van der Waals surface area (Å²) >= 11 is 0. The Morgan fingerprint density at radius 2 is 2.20 bits per heavy atom. The number of carboxylic acid groups (broad SMARTS) is 1. The first-order chi connectivity index (χ1) is 9.52. The number of imidazole rings is 1. The molecule has 5 heteroatoms. The highest BCUT2D eigenvalue weighted by Gasteiger charge is 2.12. The Morgan fingerprint density at radius 1 is 1.45 bits per heavy atom. The van der Waals surface area contributed by atoms with Crippen LogP contribution in [0.25, 0.3) is 0 Å². The molecule has 0 bridgehead atoms. The second-order valence-electron chi connectivity index (χ2n) is 4.91. The lowest BCUT2D eigenvalue weighted by atomic mass is 10.1. The number of benzene rings is 1. The molecule has 0 amide bonds. The van der Waals surface area contributed by atoms with Crippen LogP contribution in [0.4, 0.5) is 0 Å². The summed E-state index contributed by atoms with van der Waals surface area (Å²) in [7, 11) is 1.47. The number of carbonyl (C=O) groups is 1. The summed E-state index contributed by atoms with van der Waals surface area (Å²) in [6.45, 7) is 4.82. The third kappa shape index (κ3) is 2.82. The molecule has 0 aliphatic carbocycles. The Labute approximate surface area is 117 Å². The van der Waals surface area contributed by atoms with E-state index in [-0.39, 0.29) is 5.56 Å². The lowest BCUT2D eigenvalue weighted by Crippen LogP contribution is -2.07. The normalized spacial score (nSPS) is 10.8. The molecule has 0 spiro atoms. The molecular weight excluding hydrogens is 256 g/mol. The van der Waals surface area contributed by atoms with Gasteiger partial charge < -0.3 is 14.4 Å². The smallest absolute Gasteiger partial charge is 0.339 e. The van der Waals surface area contributed by atoms with Crippen LogP contribution in [-0.2, 0) is 6.54 Å². The summed E-state index contributed by atoms with van der Waals surface area (Å²) in [5.41, 5.74) is 1.15. The van der Waals surface area contributed by atoms with Crippen LogP contribution >= 0.6 is 0 Å². The molecule has 106 valence electrons. The number of carboxylic acids is 1. The Morgan fingerprint density at radius 3 is 2.80 bits per heavy atom. The summed E-state index contributed by atoms with van der Waals surface area (Å²) in [6.07, 6.45) is 3.70. The summed E-state index contributed by atoms with van der Waals surface area (Å²) in [4.78, 5) is 15.4. The molecule has 0 saturated heterocycles. The molecule has 1 N–H and O–H groups in total. The first kappa shape index (κ1) is 14.1. The summed E-state index contributed by atoms with van der Waals surface area (Å²) in [5.74, 6) is 0.733. The van der Waals surface area contributed by atoms with Crippen molar-refractivity contribution in [2.75, 3.05) is 7.11 Å². The van der Waals surface area contributed by atoms with Gasteiger partial charge in [-0.25, -0.2) is 9.78 Å². The number of ether oxygens (including phenoxy) is 1. The van der Waals surface area contributed by atoms with Crippen LogP contribution in [0.15, 0.2) is 30.6 Å². The molecule has 0 atom stereocenters. The van der Waals surface area contributed by atoms with E-state index in [2.05, 4.69) is 23.4 Å². The zero-order valence-electron chi connectivity index (χ0n) is 11.8. The maximum Gasteiger partial charge on any atom is 0.339 e. The van der Waals surface area contributed by atoms with Gasteiger partial charge in [0.2, 0.25) is 0 Å². The predicted octanol–water partition coefficient (Wildman–Crippen LogP) is 2.76. The van der Waals surface area contributed by atoms with Crippen molar-refractivity contribution in [1.29, 1.82) is 0 Å². The monoisotopic (exact) mass is 274 g/mol. The fourth-order valence-corrected chi connectivity index (χ4v) is 2.16. The van der Waals surface area contributed by atoms with Gasteiger partial charge in [0.15, 0.2) is 0 Å². The number of hydrogen-bond donors (Lipinski definition) is 1. The minimum Gasteiger partial charge on any atom is -0.496 e. The molecule has 1 heterocycles. The van der Waals surface area contributed by atoms with Gasteiger partial charge in [-0.3, -0.25) is 0 Å². The number of rotatable bonds is 5. The molecule has 1 aromatic carbocycles. The van der Waals surface area contributed by atoms with E-state index in [9.17, 15) is 4.79 Å². The third-order valence-electron chi connectivity index (χ3n) is 3.11. The number of aromatic nitrogens is 2.